The smallest absolute Gasteiger partial charge is 0.247 e. The van der Waals surface area contributed by atoms with E-state index in [9.17, 15) is 9.59 Å². The van der Waals surface area contributed by atoms with Crippen molar-refractivity contribution in [1.82, 2.24) is 5.32 Å². The van der Waals surface area contributed by atoms with Crippen molar-refractivity contribution in [3.8, 4) is 0 Å². The number of hydrogen-bond donors (Lipinski definition) is 2. The van der Waals surface area contributed by atoms with E-state index in [0.29, 0.717) is 5.69 Å². The van der Waals surface area contributed by atoms with E-state index in [1.165, 1.54) is 0 Å². The molecule has 5 heteroatoms. The molecule has 1 aromatic rings. The van der Waals surface area contributed by atoms with E-state index < -0.39 is 5.54 Å². The van der Waals surface area contributed by atoms with E-state index in [0.717, 1.165) is 37.9 Å². The first-order valence-electron chi connectivity index (χ1n) is 7.62. The Morgan fingerprint density at radius 1 is 1.38 bits per heavy atom. The number of hydrogen-bond acceptors (Lipinski definition) is 3. The van der Waals surface area contributed by atoms with Crippen molar-refractivity contribution in [2.24, 2.45) is 0 Å². The van der Waals surface area contributed by atoms with Gasteiger partial charge in [0, 0.05) is 0 Å². The maximum atomic E-state index is 13.1. The van der Waals surface area contributed by atoms with Crippen molar-refractivity contribution >= 4 is 23.2 Å². The molecule has 0 radical (unpaired) electrons. The summed E-state index contributed by atoms with van der Waals surface area (Å²) in [5.74, 6) is -0.101. The van der Waals surface area contributed by atoms with Gasteiger partial charge in [0.05, 0.1) is 16.9 Å². The third kappa shape index (κ3) is 2.42. The number of anilines is 2. The molecule has 2 aliphatic heterocycles. The lowest BCUT2D eigenvalue weighted by Crippen LogP contribution is -2.57. The van der Waals surface area contributed by atoms with Gasteiger partial charge in [-0.05, 0) is 37.9 Å². The summed E-state index contributed by atoms with van der Waals surface area (Å²) in [6.07, 6.45) is 3.61. The number of para-hydroxylation sites is 2. The first-order valence-corrected chi connectivity index (χ1v) is 7.62. The molecule has 2 N–H and O–H groups in total. The van der Waals surface area contributed by atoms with Crippen molar-refractivity contribution in [3.63, 3.8) is 0 Å². The van der Waals surface area contributed by atoms with E-state index >= 15 is 0 Å². The Morgan fingerprint density at radius 2 is 2.19 bits per heavy atom. The van der Waals surface area contributed by atoms with Gasteiger partial charge >= 0.3 is 0 Å². The number of rotatable bonds is 3. The van der Waals surface area contributed by atoms with Gasteiger partial charge in [-0.1, -0.05) is 25.5 Å². The summed E-state index contributed by atoms with van der Waals surface area (Å²) in [5.41, 5.74) is 1.01. The van der Waals surface area contributed by atoms with Crippen LogP contribution < -0.4 is 15.5 Å². The van der Waals surface area contributed by atoms with E-state index in [1.54, 1.807) is 4.90 Å². The minimum absolute atomic E-state index is 0.0316. The van der Waals surface area contributed by atoms with Gasteiger partial charge in [-0.15, -0.1) is 0 Å². The highest BCUT2D eigenvalue weighted by Crippen LogP contribution is 2.34. The Kier molecular flexibility index (Phi) is 3.68. The van der Waals surface area contributed by atoms with Crippen LogP contribution in [0.1, 0.15) is 32.6 Å². The van der Waals surface area contributed by atoms with Crippen molar-refractivity contribution in [2.75, 3.05) is 23.3 Å². The molecule has 2 aliphatic rings. The molecule has 112 valence electrons. The number of nitrogens with one attached hydrogen (secondary N) is 2. The Morgan fingerprint density at radius 3 is 2.90 bits per heavy atom. The molecule has 1 unspecified atom stereocenters. The van der Waals surface area contributed by atoms with Crippen LogP contribution in [0.3, 0.4) is 0 Å². The molecule has 0 aliphatic carbocycles. The van der Waals surface area contributed by atoms with Crippen molar-refractivity contribution in [3.05, 3.63) is 24.3 Å². The minimum atomic E-state index is -0.501. The normalized spacial score (nSPS) is 24.6. The maximum absolute atomic E-state index is 13.1. The Labute approximate surface area is 124 Å². The number of carbonyl (C=O) groups is 2. The summed E-state index contributed by atoms with van der Waals surface area (Å²) in [6.45, 7) is 3.06. The molecule has 0 bridgehead atoms. The second-order valence-corrected chi connectivity index (χ2v) is 5.82. The number of nitrogens with zero attached hydrogens (tertiary/aromatic N) is 1. The molecule has 2 heterocycles. The minimum Gasteiger partial charge on any atom is -0.323 e. The topological polar surface area (TPSA) is 61.4 Å². The molecule has 1 fully saturated rings. The molecule has 5 nitrogen and oxygen atoms in total. The molecule has 1 aromatic carbocycles. The molecule has 0 aromatic heterocycles. The third-order valence-electron chi connectivity index (χ3n) is 4.35. The lowest BCUT2D eigenvalue weighted by molar-refractivity contribution is -0.126. The first kappa shape index (κ1) is 14.1. The Bertz CT molecular complexity index is 564. The molecule has 1 atom stereocenters. The Hall–Kier alpha value is -1.88. The fourth-order valence-corrected chi connectivity index (χ4v) is 3.41. The molecular formula is C16H21N3O2. The zero-order valence-corrected chi connectivity index (χ0v) is 12.3. The second kappa shape index (κ2) is 5.48. The van der Waals surface area contributed by atoms with E-state index in [-0.39, 0.29) is 18.4 Å². The van der Waals surface area contributed by atoms with Crippen LogP contribution in [0.5, 0.6) is 0 Å². The zero-order valence-electron chi connectivity index (χ0n) is 12.3. The van der Waals surface area contributed by atoms with Crippen LogP contribution in [-0.2, 0) is 9.59 Å². The van der Waals surface area contributed by atoms with E-state index in [2.05, 4.69) is 17.6 Å². The van der Waals surface area contributed by atoms with Crippen LogP contribution in [0.2, 0.25) is 0 Å². The number of fused-ring (bicyclic) bond motifs is 1. The average molecular weight is 287 g/mol. The van der Waals surface area contributed by atoms with Crippen molar-refractivity contribution in [1.29, 1.82) is 0 Å². The van der Waals surface area contributed by atoms with E-state index in [4.69, 9.17) is 0 Å². The van der Waals surface area contributed by atoms with Crippen LogP contribution in [0.25, 0.3) is 0 Å². The summed E-state index contributed by atoms with van der Waals surface area (Å²) < 4.78 is 0. The average Bonchev–Trinajstić information content (AvgIpc) is 2.96. The molecule has 2 amide bonds. The molecule has 0 spiro atoms. The molecule has 3 rings (SSSR count). The van der Waals surface area contributed by atoms with Gasteiger partial charge in [-0.2, -0.15) is 0 Å². The van der Waals surface area contributed by atoms with Crippen LogP contribution >= 0.6 is 0 Å². The number of carbonyl (C=O) groups excluding carboxylic acids is 2. The first-order chi connectivity index (χ1) is 10.2. The van der Waals surface area contributed by atoms with Gasteiger partial charge < -0.3 is 10.6 Å². The fourth-order valence-electron chi connectivity index (χ4n) is 3.41. The van der Waals surface area contributed by atoms with Gasteiger partial charge in [0.25, 0.3) is 0 Å². The fraction of sp³-hybridized carbons (Fsp3) is 0.500. The summed E-state index contributed by atoms with van der Waals surface area (Å²) in [7, 11) is 0. The summed E-state index contributed by atoms with van der Waals surface area (Å²) in [5, 5.41) is 6.22. The summed E-state index contributed by atoms with van der Waals surface area (Å²) in [6, 6.07) is 7.48. The van der Waals surface area contributed by atoms with Gasteiger partial charge in [0.15, 0.2) is 0 Å². The van der Waals surface area contributed by atoms with E-state index in [1.807, 2.05) is 24.3 Å². The van der Waals surface area contributed by atoms with Crippen LogP contribution in [0, 0.1) is 0 Å². The van der Waals surface area contributed by atoms with Gasteiger partial charge in [-0.3, -0.25) is 14.5 Å². The Balaban J connectivity index is 1.96. The van der Waals surface area contributed by atoms with Gasteiger partial charge in [0.2, 0.25) is 11.8 Å². The van der Waals surface area contributed by atoms with Gasteiger partial charge in [-0.25, -0.2) is 0 Å². The van der Waals surface area contributed by atoms with Crippen molar-refractivity contribution < 1.29 is 9.59 Å². The summed E-state index contributed by atoms with van der Waals surface area (Å²) in [4.78, 5) is 26.6. The molecular weight excluding hydrogens is 266 g/mol. The quantitative estimate of drug-likeness (QED) is 0.892. The van der Waals surface area contributed by atoms with Crippen LogP contribution in [0.4, 0.5) is 11.4 Å². The van der Waals surface area contributed by atoms with Gasteiger partial charge in [0.1, 0.15) is 6.54 Å². The predicted molar refractivity (Wildman–Crippen MR) is 82.3 cm³/mol. The highest BCUT2D eigenvalue weighted by molar-refractivity contribution is 6.12. The predicted octanol–water partition coefficient (Wildman–Crippen LogP) is 1.89. The van der Waals surface area contributed by atoms with Crippen LogP contribution in [0.15, 0.2) is 24.3 Å². The maximum Gasteiger partial charge on any atom is 0.247 e. The standard InChI is InChI=1S/C16H21N3O2/c1-2-8-16(9-5-10-17-16)15(21)19-11-14(20)18-12-6-3-4-7-13(12)19/h3-4,6-7,17H,2,5,8-11H2,1H3,(H,18,20). The lowest BCUT2D eigenvalue weighted by atomic mass is 9.89. The van der Waals surface area contributed by atoms with Crippen LogP contribution in [-0.4, -0.2) is 30.4 Å². The number of amides is 2. The molecule has 0 saturated carbocycles. The highest BCUT2D eigenvalue weighted by atomic mass is 16.2. The third-order valence-corrected chi connectivity index (χ3v) is 4.35. The second-order valence-electron chi connectivity index (χ2n) is 5.82. The lowest BCUT2D eigenvalue weighted by Gasteiger charge is -2.37. The summed E-state index contributed by atoms with van der Waals surface area (Å²) >= 11 is 0. The molecule has 1 saturated heterocycles. The SMILES string of the molecule is CCCC1(C(=O)N2CC(=O)Nc3ccccc32)CCCN1. The van der Waals surface area contributed by atoms with Crippen molar-refractivity contribution in [2.45, 2.75) is 38.1 Å². The largest absolute Gasteiger partial charge is 0.323 e. The molecule has 21 heavy (non-hydrogen) atoms. The monoisotopic (exact) mass is 287 g/mol. The highest BCUT2D eigenvalue weighted by Gasteiger charge is 2.44. The zero-order chi connectivity index (χ0) is 14.9. The number of benzene rings is 1.